The molecule has 0 fully saturated rings. The molecular formula is C138H86N10O2. The number of hydrogen-bond donors (Lipinski definition) is 0. The Morgan fingerprint density at radius 3 is 0.607 bits per heavy atom. The minimum absolute atomic E-state index is 0.573. The molecule has 12 heteroatoms. The van der Waals surface area contributed by atoms with E-state index >= 15 is 0 Å². The zero-order chi connectivity index (χ0) is 98.8. The van der Waals surface area contributed by atoms with Gasteiger partial charge in [-0.25, -0.2) is 29.9 Å². The molecule has 0 saturated heterocycles. The standard InChI is InChI=1S/2C69H43N5O/c1-4-20-44(21-5-1)47-26-18-28-49(42-47)73-61-36-16-14-32-53(61)55-38-40-57-58-41-39-56-54-33-15-17-37-62(54)74(64(56)66(58)75-65(57)63(55)73)50-29-19-27-48(43-50)67-70-68(59-34-12-10-30-51(59)45-22-6-2-7-23-45)72-69(71-67)60-35-13-11-31-52(60)46-24-8-3-9-25-46;1-4-19-44(20-5-1)47-25-16-27-49(41-47)67-70-68(72-69(71-67)60-34-11-10-31-53(60)46-23-8-3-9-24-46)50-28-18-30-52(43-50)74-62-36-15-13-33-55(62)57-38-40-59-58-39-37-56-54-32-12-14-35-61(54)73(63(56)65(58)75-66(59)64(57)74)51-29-17-26-48(42-51)45-21-6-2-7-22-45/h2*1-43H. The van der Waals surface area contributed by atoms with Gasteiger partial charge in [-0.2, -0.15) is 0 Å². The highest BCUT2D eigenvalue weighted by Gasteiger charge is 2.30. The van der Waals surface area contributed by atoms with Crippen molar-refractivity contribution in [3.05, 3.63) is 522 Å². The first kappa shape index (κ1) is 86.3. The van der Waals surface area contributed by atoms with Crippen molar-refractivity contribution in [1.82, 2.24) is 48.2 Å². The van der Waals surface area contributed by atoms with Crippen LogP contribution in [-0.4, -0.2) is 48.2 Å². The fourth-order valence-electron chi connectivity index (χ4n) is 22.7. The van der Waals surface area contributed by atoms with Crippen LogP contribution < -0.4 is 0 Å². The number of nitrogens with zero attached hydrogens (tertiary/aromatic N) is 10. The third-order valence-electron chi connectivity index (χ3n) is 29.6. The van der Waals surface area contributed by atoms with E-state index in [-0.39, 0.29) is 0 Å². The van der Waals surface area contributed by atoms with Crippen LogP contribution in [0.4, 0.5) is 0 Å². The first-order valence-corrected chi connectivity index (χ1v) is 50.7. The average Bonchev–Trinajstić information content (AvgIpc) is 1.54. The van der Waals surface area contributed by atoms with Crippen molar-refractivity contribution in [1.29, 1.82) is 0 Å². The Bertz CT molecular complexity index is 10500. The number of aromatic nitrogens is 10. The van der Waals surface area contributed by atoms with E-state index in [2.05, 4.69) is 516 Å². The normalized spacial score (nSPS) is 11.7. The largest absolute Gasteiger partial charge is 0.452 e. The van der Waals surface area contributed by atoms with Gasteiger partial charge < -0.3 is 27.1 Å². The minimum atomic E-state index is 0.573. The van der Waals surface area contributed by atoms with Gasteiger partial charge in [0.2, 0.25) is 0 Å². The monoisotopic (exact) mass is 1910 g/mol. The predicted octanol–water partition coefficient (Wildman–Crippen LogP) is 35.9. The number of fused-ring (bicyclic) bond motifs is 22. The topological polar surface area (TPSA) is 123 Å². The van der Waals surface area contributed by atoms with Gasteiger partial charge in [0.15, 0.2) is 57.3 Å². The molecule has 0 unspecified atom stereocenters. The highest BCUT2D eigenvalue weighted by molar-refractivity contribution is 6.29. The maximum Gasteiger partial charge on any atom is 0.164 e. The predicted molar refractivity (Wildman–Crippen MR) is 617 cm³/mol. The Hall–Kier alpha value is -20.3. The molecule has 0 atom stereocenters. The molecule has 0 radical (unpaired) electrons. The summed E-state index contributed by atoms with van der Waals surface area (Å²) in [5.41, 5.74) is 34.5. The number of benzene rings is 22. The van der Waals surface area contributed by atoms with Crippen LogP contribution in [0.5, 0.6) is 0 Å². The van der Waals surface area contributed by atoms with Gasteiger partial charge in [0.1, 0.15) is 0 Å². The number of rotatable bonds is 16. The maximum atomic E-state index is 7.44. The van der Waals surface area contributed by atoms with E-state index in [9.17, 15) is 0 Å². The molecular weight excluding hydrogens is 1830 g/mol. The lowest BCUT2D eigenvalue weighted by Crippen LogP contribution is -2.02. The van der Waals surface area contributed by atoms with E-state index < -0.39 is 0 Å². The van der Waals surface area contributed by atoms with Gasteiger partial charge in [-0.1, -0.05) is 419 Å². The lowest BCUT2D eigenvalue weighted by molar-refractivity contribution is 0.673. The van der Waals surface area contributed by atoms with Crippen LogP contribution >= 0.6 is 0 Å². The van der Waals surface area contributed by atoms with Crippen molar-refractivity contribution >= 4 is 131 Å². The molecule has 0 amide bonds. The summed E-state index contributed by atoms with van der Waals surface area (Å²) in [7, 11) is 0. The zero-order valence-electron chi connectivity index (χ0n) is 80.9. The molecule has 0 N–H and O–H groups in total. The smallest absolute Gasteiger partial charge is 0.164 e. The molecule has 700 valence electrons. The van der Waals surface area contributed by atoms with Crippen molar-refractivity contribution < 1.29 is 8.83 Å². The van der Waals surface area contributed by atoms with Gasteiger partial charge in [0, 0.05) is 121 Å². The Morgan fingerprint density at radius 2 is 0.320 bits per heavy atom. The Balaban J connectivity index is 0.000000141. The van der Waals surface area contributed by atoms with E-state index in [1.165, 1.54) is 21.9 Å². The summed E-state index contributed by atoms with van der Waals surface area (Å²) in [6, 6.07) is 184. The molecule has 22 aromatic carbocycles. The van der Waals surface area contributed by atoms with Gasteiger partial charge in [-0.15, -0.1) is 0 Å². The quantitative estimate of drug-likeness (QED) is 0.0937. The van der Waals surface area contributed by atoms with Gasteiger partial charge in [0.05, 0.1) is 44.1 Å². The molecule has 0 saturated carbocycles. The first-order chi connectivity index (χ1) is 74.4. The van der Waals surface area contributed by atoms with Crippen LogP contribution in [0.3, 0.4) is 0 Å². The van der Waals surface area contributed by atoms with Crippen molar-refractivity contribution in [3.8, 4) is 158 Å². The van der Waals surface area contributed by atoms with Crippen LogP contribution in [-0.2, 0) is 0 Å². The van der Waals surface area contributed by atoms with Crippen molar-refractivity contribution in [2.75, 3.05) is 0 Å². The summed E-state index contributed by atoms with van der Waals surface area (Å²) in [6.07, 6.45) is 0. The molecule has 150 heavy (non-hydrogen) atoms. The SMILES string of the molecule is c1ccc(-c2cccc(-c3nc(-c4cccc(-n5c6ccccc6c6ccc7c8ccc9c%10ccccc%10n(-c%10cccc(-c%11ccccc%11)c%10)c9c8oc7c65)c4)nc(-c4ccccc4-c4ccccc4)n3)c2)cc1.c1ccc(-c2cccc(-n3c4ccccc4c4ccc5c6ccc7c8ccccc8n(-c8cccc(-c9nc(-c%10ccccc%10-c%10ccccc%10)nc(-c%10ccccc%10-c%10ccccc%10)n9)c8)c7c6oc5c43)c2)cc1. The van der Waals surface area contributed by atoms with E-state index in [0.717, 1.165) is 232 Å². The summed E-state index contributed by atoms with van der Waals surface area (Å²) in [5, 5.41) is 13.3. The van der Waals surface area contributed by atoms with Crippen LogP contribution in [0.25, 0.3) is 289 Å². The molecule has 0 aliphatic heterocycles. The Kier molecular flexibility index (Phi) is 20.7. The summed E-state index contributed by atoms with van der Waals surface area (Å²) in [6.45, 7) is 0. The second-order valence-electron chi connectivity index (χ2n) is 38.2. The van der Waals surface area contributed by atoms with Crippen LogP contribution in [0, 0.1) is 0 Å². The molecule has 8 heterocycles. The Labute approximate surface area is 861 Å². The van der Waals surface area contributed by atoms with E-state index in [4.69, 9.17) is 38.7 Å². The molecule has 8 aromatic heterocycles. The minimum Gasteiger partial charge on any atom is -0.452 e. The van der Waals surface area contributed by atoms with Crippen LogP contribution in [0.2, 0.25) is 0 Å². The average molecular weight is 1920 g/mol. The molecule has 0 spiro atoms. The second-order valence-corrected chi connectivity index (χ2v) is 38.2. The molecule has 0 aliphatic carbocycles. The fraction of sp³-hybridized carbons (Fsp3) is 0. The van der Waals surface area contributed by atoms with Gasteiger partial charge >= 0.3 is 0 Å². The maximum absolute atomic E-state index is 7.44. The van der Waals surface area contributed by atoms with Crippen molar-refractivity contribution in [2.45, 2.75) is 0 Å². The molecule has 0 aliphatic rings. The number of para-hydroxylation sites is 4. The summed E-state index contributed by atoms with van der Waals surface area (Å²) < 4.78 is 24.3. The lowest BCUT2D eigenvalue weighted by atomic mass is 9.98. The first-order valence-electron chi connectivity index (χ1n) is 50.7. The van der Waals surface area contributed by atoms with E-state index in [0.29, 0.717) is 34.9 Å². The third-order valence-corrected chi connectivity index (χ3v) is 29.6. The number of hydrogen-bond acceptors (Lipinski definition) is 8. The molecule has 30 rings (SSSR count). The molecule has 12 nitrogen and oxygen atoms in total. The fourth-order valence-corrected chi connectivity index (χ4v) is 22.7. The Morgan fingerprint density at radius 1 is 0.127 bits per heavy atom. The highest BCUT2D eigenvalue weighted by atomic mass is 16.3. The summed E-state index contributed by atoms with van der Waals surface area (Å²) in [4.78, 5) is 32.0. The van der Waals surface area contributed by atoms with E-state index in [1.807, 2.05) is 24.3 Å². The van der Waals surface area contributed by atoms with Crippen LogP contribution in [0.1, 0.15) is 0 Å². The van der Waals surface area contributed by atoms with Crippen LogP contribution in [0.15, 0.2) is 531 Å². The van der Waals surface area contributed by atoms with Crippen molar-refractivity contribution in [3.63, 3.8) is 0 Å². The summed E-state index contributed by atoms with van der Waals surface area (Å²) in [5.74, 6) is 3.53. The van der Waals surface area contributed by atoms with Gasteiger partial charge in [-0.3, -0.25) is 0 Å². The number of furan rings is 2. The summed E-state index contributed by atoms with van der Waals surface area (Å²) >= 11 is 0. The third kappa shape index (κ3) is 14.6. The second kappa shape index (κ2) is 35.9. The van der Waals surface area contributed by atoms with E-state index in [1.54, 1.807) is 0 Å². The van der Waals surface area contributed by atoms with Gasteiger partial charge in [-0.05, 0) is 170 Å². The zero-order valence-corrected chi connectivity index (χ0v) is 80.9. The van der Waals surface area contributed by atoms with Crippen molar-refractivity contribution in [2.24, 2.45) is 0 Å². The lowest BCUT2D eigenvalue weighted by Gasteiger charge is -2.14. The molecule has 0 bridgehead atoms. The molecule has 30 aromatic rings. The van der Waals surface area contributed by atoms with Gasteiger partial charge in [0.25, 0.3) is 0 Å². The highest BCUT2D eigenvalue weighted by Crippen LogP contribution is 2.50.